The van der Waals surface area contributed by atoms with Crippen LogP contribution in [0.1, 0.15) is 26.3 Å². The summed E-state index contributed by atoms with van der Waals surface area (Å²) in [4.78, 5) is 37.6. The second kappa shape index (κ2) is 10.3. The fourth-order valence-corrected chi connectivity index (χ4v) is 4.02. The van der Waals surface area contributed by atoms with Crippen molar-refractivity contribution in [2.24, 2.45) is 0 Å². The molecular weight excluding hydrogens is 461 g/mol. The van der Waals surface area contributed by atoms with Gasteiger partial charge < -0.3 is 20.4 Å². The summed E-state index contributed by atoms with van der Waals surface area (Å²) in [7, 11) is 3.06. The van der Waals surface area contributed by atoms with Crippen molar-refractivity contribution in [2.75, 3.05) is 14.1 Å². The molecule has 4 aromatic rings. The first-order chi connectivity index (χ1) is 17.4. The van der Waals surface area contributed by atoms with Crippen molar-refractivity contribution in [3.63, 3.8) is 0 Å². The Balaban J connectivity index is 1.99. The van der Waals surface area contributed by atoms with Gasteiger partial charge in [0.25, 0.3) is 11.8 Å². The zero-order valence-corrected chi connectivity index (χ0v) is 19.8. The molecule has 3 aromatic carbocycles. The van der Waals surface area contributed by atoms with E-state index in [1.165, 1.54) is 37.5 Å². The molecule has 0 unspecified atom stereocenters. The Morgan fingerprint density at radius 1 is 0.944 bits per heavy atom. The van der Waals surface area contributed by atoms with E-state index in [0.29, 0.717) is 38.8 Å². The van der Waals surface area contributed by atoms with E-state index in [1.807, 2.05) is 6.07 Å². The van der Waals surface area contributed by atoms with Crippen molar-refractivity contribution < 1.29 is 23.2 Å². The number of nitrogens with one attached hydrogen (secondary N) is 3. The monoisotopic (exact) mass is 485 g/mol. The molecule has 0 saturated carbocycles. The number of halogens is 1. The fraction of sp³-hybridized carbons (Fsp3) is 0.107. The van der Waals surface area contributed by atoms with Crippen LogP contribution in [-0.2, 0) is 11.2 Å². The summed E-state index contributed by atoms with van der Waals surface area (Å²) < 4.78 is 19.6. The minimum atomic E-state index is -0.410. The third-order valence-electron chi connectivity index (χ3n) is 5.77. The summed E-state index contributed by atoms with van der Waals surface area (Å²) in [5.74, 6) is -1.04. The lowest BCUT2D eigenvalue weighted by Gasteiger charge is -2.12. The highest BCUT2D eigenvalue weighted by Gasteiger charge is 2.24. The molecular formula is C28H24FN3O4. The number of carbonyl (C=O) groups excluding carboxylic acids is 3. The summed E-state index contributed by atoms with van der Waals surface area (Å²) in [6.45, 7) is 3.52. The first kappa shape index (κ1) is 24.4. The van der Waals surface area contributed by atoms with E-state index >= 15 is 0 Å². The van der Waals surface area contributed by atoms with Gasteiger partial charge in [-0.2, -0.15) is 0 Å². The van der Waals surface area contributed by atoms with E-state index in [2.05, 4.69) is 22.5 Å². The predicted octanol–water partition coefficient (Wildman–Crippen LogP) is 4.43. The molecule has 3 amide bonds. The molecule has 0 aliphatic heterocycles. The van der Waals surface area contributed by atoms with Crippen LogP contribution in [0.2, 0.25) is 0 Å². The highest BCUT2D eigenvalue weighted by atomic mass is 19.1. The van der Waals surface area contributed by atoms with Crippen molar-refractivity contribution >= 4 is 28.7 Å². The molecule has 0 saturated heterocycles. The van der Waals surface area contributed by atoms with Crippen LogP contribution >= 0.6 is 0 Å². The van der Waals surface area contributed by atoms with Gasteiger partial charge in [0.15, 0.2) is 0 Å². The molecule has 0 radical (unpaired) electrons. The first-order valence-electron chi connectivity index (χ1n) is 11.2. The van der Waals surface area contributed by atoms with Crippen molar-refractivity contribution in [3.05, 3.63) is 96.0 Å². The Morgan fingerprint density at radius 2 is 1.69 bits per heavy atom. The molecule has 0 spiro atoms. The van der Waals surface area contributed by atoms with E-state index < -0.39 is 5.82 Å². The predicted molar refractivity (Wildman–Crippen MR) is 136 cm³/mol. The lowest BCUT2D eigenvalue weighted by molar-refractivity contribution is -0.119. The number of benzene rings is 3. The number of hydrogen-bond acceptors (Lipinski definition) is 4. The largest absolute Gasteiger partial charge is 0.455 e. The van der Waals surface area contributed by atoms with Crippen LogP contribution in [0.4, 0.5) is 4.39 Å². The number of rotatable bonds is 7. The highest BCUT2D eigenvalue weighted by Crippen LogP contribution is 2.38. The van der Waals surface area contributed by atoms with Crippen LogP contribution in [0.3, 0.4) is 0 Å². The van der Waals surface area contributed by atoms with Crippen LogP contribution in [0.5, 0.6) is 0 Å². The molecule has 0 bridgehead atoms. The van der Waals surface area contributed by atoms with Gasteiger partial charge in [-0.1, -0.05) is 18.7 Å². The smallest absolute Gasteiger partial charge is 0.255 e. The second-order valence-electron chi connectivity index (χ2n) is 8.01. The first-order valence-corrected chi connectivity index (χ1v) is 11.2. The number of amides is 3. The zero-order chi connectivity index (χ0) is 25.8. The number of carbonyl (C=O) groups is 3. The number of furan rings is 1. The Labute approximate surface area is 207 Å². The van der Waals surface area contributed by atoms with Crippen LogP contribution < -0.4 is 16.0 Å². The summed E-state index contributed by atoms with van der Waals surface area (Å²) in [5, 5.41) is 8.32. The Kier molecular flexibility index (Phi) is 6.96. The molecule has 182 valence electrons. The van der Waals surface area contributed by atoms with Gasteiger partial charge in [-0.25, -0.2) is 4.39 Å². The minimum absolute atomic E-state index is 0.0484. The van der Waals surface area contributed by atoms with Crippen molar-refractivity contribution in [3.8, 4) is 22.5 Å². The van der Waals surface area contributed by atoms with E-state index in [0.717, 1.165) is 0 Å². The second-order valence-corrected chi connectivity index (χ2v) is 8.01. The topological polar surface area (TPSA) is 100 Å². The average Bonchev–Trinajstić information content (AvgIpc) is 3.26. The third-order valence-corrected chi connectivity index (χ3v) is 5.77. The minimum Gasteiger partial charge on any atom is -0.455 e. The summed E-state index contributed by atoms with van der Waals surface area (Å²) in [6, 6.07) is 16.1. The van der Waals surface area contributed by atoms with E-state index in [9.17, 15) is 18.8 Å². The highest BCUT2D eigenvalue weighted by molar-refractivity contribution is 6.12. The molecule has 0 fully saturated rings. The maximum atomic E-state index is 13.5. The van der Waals surface area contributed by atoms with Gasteiger partial charge >= 0.3 is 0 Å². The Morgan fingerprint density at radius 3 is 2.36 bits per heavy atom. The Bertz CT molecular complexity index is 1490. The zero-order valence-electron chi connectivity index (χ0n) is 19.8. The summed E-state index contributed by atoms with van der Waals surface area (Å²) in [5.41, 5.74) is 3.61. The van der Waals surface area contributed by atoms with Gasteiger partial charge in [-0.15, -0.1) is 0 Å². The summed E-state index contributed by atoms with van der Waals surface area (Å²) >= 11 is 0. The standard InChI is InChI=1S/C28H24FN3O4/c1-4-32-27(34)18-7-5-6-17(12-18)21-15-22-23(13-19(21)14-24(33)30-2)36-26(25(22)28(35)31-3)16-8-10-20(29)11-9-16/h4-13,15H,1,14H2,2-3H3,(H,30,33)(H,31,35)(H,32,34). The van der Waals surface area contributed by atoms with E-state index in [1.54, 1.807) is 37.4 Å². The van der Waals surface area contributed by atoms with Crippen LogP contribution in [0.15, 0.2) is 77.9 Å². The number of likely N-dealkylation sites (N-methyl/N-ethyl adjacent to an activating group) is 1. The average molecular weight is 486 g/mol. The van der Waals surface area contributed by atoms with Gasteiger partial charge in [-0.3, -0.25) is 14.4 Å². The lowest BCUT2D eigenvalue weighted by atomic mass is 9.93. The molecule has 3 N–H and O–H groups in total. The molecule has 1 heterocycles. The van der Waals surface area contributed by atoms with E-state index in [-0.39, 0.29) is 35.5 Å². The van der Waals surface area contributed by atoms with Crippen molar-refractivity contribution in [1.29, 1.82) is 0 Å². The van der Waals surface area contributed by atoms with Crippen LogP contribution in [0, 0.1) is 5.82 Å². The molecule has 0 atom stereocenters. The quantitative estimate of drug-likeness (QED) is 0.361. The molecule has 8 heteroatoms. The molecule has 36 heavy (non-hydrogen) atoms. The SMILES string of the molecule is C=CNC(=O)c1cccc(-c2cc3c(C(=O)NC)c(-c4ccc(F)cc4)oc3cc2CC(=O)NC)c1. The molecule has 7 nitrogen and oxygen atoms in total. The molecule has 1 aromatic heterocycles. The summed E-state index contributed by atoms with van der Waals surface area (Å²) in [6.07, 6.45) is 1.35. The maximum absolute atomic E-state index is 13.5. The lowest BCUT2D eigenvalue weighted by Crippen LogP contribution is -2.20. The van der Waals surface area contributed by atoms with Gasteiger partial charge in [0.1, 0.15) is 17.2 Å². The van der Waals surface area contributed by atoms with Crippen LogP contribution in [0.25, 0.3) is 33.4 Å². The van der Waals surface area contributed by atoms with Gasteiger partial charge in [0, 0.05) is 30.6 Å². The molecule has 0 aliphatic carbocycles. The molecule has 0 aliphatic rings. The van der Waals surface area contributed by atoms with Gasteiger partial charge in [-0.05, 0) is 71.4 Å². The van der Waals surface area contributed by atoms with Crippen molar-refractivity contribution in [2.45, 2.75) is 6.42 Å². The molecule has 4 rings (SSSR count). The maximum Gasteiger partial charge on any atom is 0.255 e. The van der Waals surface area contributed by atoms with Crippen LogP contribution in [-0.4, -0.2) is 31.8 Å². The third kappa shape index (κ3) is 4.74. The Hall–Kier alpha value is -4.72. The van der Waals surface area contributed by atoms with Crippen molar-refractivity contribution in [1.82, 2.24) is 16.0 Å². The number of hydrogen-bond donors (Lipinski definition) is 3. The fourth-order valence-electron chi connectivity index (χ4n) is 4.02. The van der Waals surface area contributed by atoms with Gasteiger partial charge in [0.05, 0.1) is 12.0 Å². The van der Waals surface area contributed by atoms with E-state index in [4.69, 9.17) is 4.42 Å². The van der Waals surface area contributed by atoms with Gasteiger partial charge in [0.2, 0.25) is 5.91 Å². The normalized spacial score (nSPS) is 10.6. The number of fused-ring (bicyclic) bond motifs is 1.